The van der Waals surface area contributed by atoms with E-state index in [9.17, 15) is 0 Å². The lowest BCUT2D eigenvalue weighted by Crippen LogP contribution is -1.92. The van der Waals surface area contributed by atoms with E-state index in [4.69, 9.17) is 0 Å². The molecule has 2 heteroatoms. The maximum atomic E-state index is 4.44. The Balaban J connectivity index is 2.79. The normalized spacial score (nSPS) is 9.60. The summed E-state index contributed by atoms with van der Waals surface area (Å²) in [5.41, 5.74) is 5.94. The molecule has 2 aromatic rings. The number of hydrogen-bond acceptors (Lipinski definition) is 2. The topological polar surface area (TPSA) is 25.8 Å². The van der Waals surface area contributed by atoms with Crippen LogP contribution in [0.15, 0.2) is 43.2 Å². The fraction of sp³-hybridized carbons (Fsp3) is 0. The number of rotatable bonds is 2. The van der Waals surface area contributed by atoms with Gasteiger partial charge in [0.15, 0.2) is 0 Å². The minimum atomic E-state index is 0.749. The number of aromatic nitrogens is 2. The van der Waals surface area contributed by atoms with E-state index < -0.39 is 0 Å². The molecule has 0 radical (unpaired) electrons. The molecule has 0 N–H and O–H groups in total. The molecule has 1 heterocycles. The van der Waals surface area contributed by atoms with Crippen molar-refractivity contribution >= 4 is 23.2 Å². The molecule has 0 amide bonds. The smallest absolute Gasteiger partial charge is 0.0971 e. The maximum Gasteiger partial charge on any atom is 0.0971 e. The van der Waals surface area contributed by atoms with Crippen molar-refractivity contribution in [3.8, 4) is 0 Å². The molecule has 0 saturated heterocycles. The first kappa shape index (κ1) is 9.38. The summed E-state index contributed by atoms with van der Waals surface area (Å²) in [5.74, 6) is 0. The molecular formula is C13H10N2. The SMILES string of the molecule is C=C=Cc1nc2ccccc2nc1C=C. The molecule has 0 aliphatic rings. The van der Waals surface area contributed by atoms with E-state index >= 15 is 0 Å². The van der Waals surface area contributed by atoms with Gasteiger partial charge in [0.25, 0.3) is 0 Å². The van der Waals surface area contributed by atoms with Crippen molar-refractivity contribution in [1.82, 2.24) is 9.97 Å². The molecular weight excluding hydrogens is 184 g/mol. The van der Waals surface area contributed by atoms with Crippen molar-refractivity contribution in [2.75, 3.05) is 0 Å². The molecule has 0 saturated carbocycles. The van der Waals surface area contributed by atoms with Gasteiger partial charge in [0.05, 0.1) is 22.4 Å². The van der Waals surface area contributed by atoms with Gasteiger partial charge in [-0.3, -0.25) is 0 Å². The number of nitrogens with zero attached hydrogens (tertiary/aromatic N) is 2. The van der Waals surface area contributed by atoms with Crippen LogP contribution in [0.4, 0.5) is 0 Å². The van der Waals surface area contributed by atoms with Crippen LogP contribution in [-0.2, 0) is 0 Å². The summed E-state index contributed by atoms with van der Waals surface area (Å²) < 4.78 is 0. The van der Waals surface area contributed by atoms with Crippen LogP contribution in [0.5, 0.6) is 0 Å². The largest absolute Gasteiger partial charge is 0.245 e. The average molecular weight is 194 g/mol. The predicted octanol–water partition coefficient (Wildman–Crippen LogP) is 3.07. The summed E-state index contributed by atoms with van der Waals surface area (Å²) in [6.07, 6.45) is 3.39. The maximum absolute atomic E-state index is 4.44. The molecule has 2 nitrogen and oxygen atoms in total. The minimum absolute atomic E-state index is 0.749. The molecule has 15 heavy (non-hydrogen) atoms. The van der Waals surface area contributed by atoms with Crippen molar-refractivity contribution in [3.05, 3.63) is 54.5 Å². The van der Waals surface area contributed by atoms with Crippen LogP contribution in [-0.4, -0.2) is 9.97 Å². The molecule has 0 atom stereocenters. The summed E-state index contributed by atoms with van der Waals surface area (Å²) in [7, 11) is 0. The molecule has 0 bridgehead atoms. The average Bonchev–Trinajstić information content (AvgIpc) is 2.28. The first-order valence-corrected chi connectivity index (χ1v) is 4.60. The van der Waals surface area contributed by atoms with Crippen LogP contribution in [0.2, 0.25) is 0 Å². The van der Waals surface area contributed by atoms with Gasteiger partial charge in [0, 0.05) is 6.08 Å². The second-order valence-corrected chi connectivity index (χ2v) is 3.04. The Kier molecular flexibility index (Phi) is 2.44. The highest BCUT2D eigenvalue weighted by atomic mass is 14.8. The van der Waals surface area contributed by atoms with E-state index in [0.717, 1.165) is 22.4 Å². The molecule has 1 aromatic heterocycles. The zero-order valence-electron chi connectivity index (χ0n) is 8.27. The highest BCUT2D eigenvalue weighted by Gasteiger charge is 2.02. The minimum Gasteiger partial charge on any atom is -0.245 e. The molecule has 2 rings (SSSR count). The van der Waals surface area contributed by atoms with Gasteiger partial charge in [-0.15, -0.1) is 5.73 Å². The summed E-state index contributed by atoms with van der Waals surface area (Å²) in [4.78, 5) is 8.88. The van der Waals surface area contributed by atoms with Crippen LogP contribution in [0.3, 0.4) is 0 Å². The second-order valence-electron chi connectivity index (χ2n) is 3.04. The van der Waals surface area contributed by atoms with E-state index in [-0.39, 0.29) is 0 Å². The van der Waals surface area contributed by atoms with Gasteiger partial charge in [-0.05, 0) is 18.2 Å². The third kappa shape index (κ3) is 1.71. The molecule has 1 aromatic carbocycles. The number of fused-ring (bicyclic) bond motifs is 1. The lowest BCUT2D eigenvalue weighted by molar-refractivity contribution is 1.24. The fourth-order valence-electron chi connectivity index (χ4n) is 1.38. The zero-order chi connectivity index (χ0) is 10.7. The van der Waals surface area contributed by atoms with Crippen molar-refractivity contribution in [3.63, 3.8) is 0 Å². The molecule has 0 unspecified atom stereocenters. The third-order valence-electron chi connectivity index (χ3n) is 2.06. The van der Waals surface area contributed by atoms with Crippen molar-refractivity contribution < 1.29 is 0 Å². The molecule has 0 aliphatic heterocycles. The molecule has 0 aliphatic carbocycles. The Morgan fingerprint density at radius 1 is 1.07 bits per heavy atom. The third-order valence-corrected chi connectivity index (χ3v) is 2.06. The first-order chi connectivity index (χ1) is 7.35. The van der Waals surface area contributed by atoms with Crippen LogP contribution in [0, 0.1) is 0 Å². The van der Waals surface area contributed by atoms with Gasteiger partial charge >= 0.3 is 0 Å². The van der Waals surface area contributed by atoms with Gasteiger partial charge in [-0.2, -0.15) is 0 Å². The Bertz CT molecular complexity index is 564. The van der Waals surface area contributed by atoms with E-state index in [2.05, 4.69) is 28.9 Å². The Hall–Kier alpha value is -2.18. The van der Waals surface area contributed by atoms with Gasteiger partial charge < -0.3 is 0 Å². The number of benzene rings is 1. The van der Waals surface area contributed by atoms with Gasteiger partial charge in [0.2, 0.25) is 0 Å². The monoisotopic (exact) mass is 194 g/mol. The van der Waals surface area contributed by atoms with Crippen LogP contribution < -0.4 is 0 Å². The van der Waals surface area contributed by atoms with E-state index in [1.54, 1.807) is 12.2 Å². The predicted molar refractivity (Wildman–Crippen MR) is 63.2 cm³/mol. The van der Waals surface area contributed by atoms with E-state index in [0.29, 0.717) is 0 Å². The standard InChI is InChI=1S/C13H10N2/c1-3-7-11-10(4-2)14-12-8-5-6-9-13(12)15-11/h4-9H,1-2H2. The second kappa shape index (κ2) is 3.91. The Morgan fingerprint density at radius 3 is 2.20 bits per heavy atom. The van der Waals surface area contributed by atoms with Crippen LogP contribution >= 0.6 is 0 Å². The Morgan fingerprint density at radius 2 is 1.67 bits per heavy atom. The quantitative estimate of drug-likeness (QED) is 0.686. The number of para-hydroxylation sites is 2. The zero-order valence-corrected chi connectivity index (χ0v) is 8.27. The summed E-state index contributed by atoms with van der Waals surface area (Å²) >= 11 is 0. The summed E-state index contributed by atoms with van der Waals surface area (Å²) in [6.45, 7) is 7.24. The van der Waals surface area contributed by atoms with Crippen LogP contribution in [0.1, 0.15) is 11.4 Å². The summed E-state index contributed by atoms with van der Waals surface area (Å²) in [5, 5.41) is 0. The molecule has 72 valence electrons. The molecule has 0 spiro atoms. The first-order valence-electron chi connectivity index (χ1n) is 4.60. The lowest BCUT2D eigenvalue weighted by Gasteiger charge is -2.01. The van der Waals surface area contributed by atoms with Gasteiger partial charge in [0.1, 0.15) is 0 Å². The van der Waals surface area contributed by atoms with Crippen molar-refractivity contribution in [2.24, 2.45) is 0 Å². The van der Waals surface area contributed by atoms with Crippen LogP contribution in [0.25, 0.3) is 23.2 Å². The summed E-state index contributed by atoms with van der Waals surface area (Å²) in [6, 6.07) is 7.73. The fourth-order valence-corrected chi connectivity index (χ4v) is 1.38. The van der Waals surface area contributed by atoms with Gasteiger partial charge in [-0.1, -0.05) is 25.3 Å². The molecule has 0 fully saturated rings. The van der Waals surface area contributed by atoms with E-state index in [1.165, 1.54) is 0 Å². The van der Waals surface area contributed by atoms with Crippen molar-refractivity contribution in [2.45, 2.75) is 0 Å². The number of hydrogen-bond donors (Lipinski definition) is 0. The Labute approximate surface area is 88.3 Å². The highest BCUT2D eigenvalue weighted by Crippen LogP contribution is 2.14. The van der Waals surface area contributed by atoms with Crippen molar-refractivity contribution in [1.29, 1.82) is 0 Å². The lowest BCUT2D eigenvalue weighted by atomic mass is 10.2. The van der Waals surface area contributed by atoms with Gasteiger partial charge in [-0.25, -0.2) is 9.97 Å². The highest BCUT2D eigenvalue weighted by molar-refractivity contribution is 5.77. The van der Waals surface area contributed by atoms with E-state index in [1.807, 2.05) is 24.3 Å².